The molecular weight excluding hydrogens is 302 g/mol. The molecule has 0 saturated carbocycles. The molecule has 21 heavy (non-hydrogen) atoms. The van der Waals surface area contributed by atoms with Gasteiger partial charge >= 0.3 is 0 Å². The third kappa shape index (κ3) is 3.58. The highest BCUT2D eigenvalue weighted by Crippen LogP contribution is 2.45. The van der Waals surface area contributed by atoms with Crippen LogP contribution in [0.5, 0.6) is 0 Å². The molecule has 1 aromatic rings. The number of ether oxygens (including phenoxy) is 1. The maximum Gasteiger partial charge on any atom is 0.254 e. The van der Waals surface area contributed by atoms with Crippen molar-refractivity contribution >= 4 is 29.4 Å². The summed E-state index contributed by atoms with van der Waals surface area (Å²) in [6, 6.07) is 8.16. The van der Waals surface area contributed by atoms with Crippen molar-refractivity contribution in [2.45, 2.75) is 30.6 Å². The summed E-state index contributed by atoms with van der Waals surface area (Å²) in [5.41, 5.74) is 2.11. The second-order valence-corrected chi connectivity index (χ2v) is 8.39. The highest BCUT2D eigenvalue weighted by Gasteiger charge is 2.26. The molecule has 1 aromatic carbocycles. The molecule has 0 radical (unpaired) electrons. The molecule has 0 aliphatic carbocycles. The molecule has 0 unspecified atom stereocenters. The van der Waals surface area contributed by atoms with E-state index in [0.29, 0.717) is 17.7 Å². The quantitative estimate of drug-likeness (QED) is 0.834. The van der Waals surface area contributed by atoms with Gasteiger partial charge in [0.05, 0.1) is 16.8 Å². The molecule has 1 amide bonds. The fourth-order valence-electron chi connectivity index (χ4n) is 2.86. The van der Waals surface area contributed by atoms with E-state index in [1.165, 1.54) is 17.1 Å². The Morgan fingerprint density at radius 1 is 1.10 bits per heavy atom. The number of morpholine rings is 1. The lowest BCUT2D eigenvalue weighted by atomic mass is 10.1. The van der Waals surface area contributed by atoms with Crippen molar-refractivity contribution in [3.05, 3.63) is 35.4 Å². The van der Waals surface area contributed by atoms with Gasteiger partial charge in [-0.05, 0) is 31.5 Å². The van der Waals surface area contributed by atoms with E-state index in [-0.39, 0.29) is 18.1 Å². The van der Waals surface area contributed by atoms with E-state index >= 15 is 0 Å². The number of carbonyl (C=O) groups is 1. The van der Waals surface area contributed by atoms with Crippen LogP contribution in [0.1, 0.15) is 34.4 Å². The monoisotopic (exact) mass is 323 g/mol. The minimum Gasteiger partial charge on any atom is -0.372 e. The predicted molar refractivity (Wildman–Crippen MR) is 90.0 cm³/mol. The lowest BCUT2D eigenvalue weighted by Crippen LogP contribution is -2.48. The topological polar surface area (TPSA) is 29.5 Å². The lowest BCUT2D eigenvalue weighted by Gasteiger charge is -2.35. The molecule has 2 aliphatic rings. The van der Waals surface area contributed by atoms with Crippen LogP contribution < -0.4 is 0 Å². The fourth-order valence-corrected chi connectivity index (χ4v) is 5.72. The van der Waals surface area contributed by atoms with Gasteiger partial charge in [-0.15, -0.1) is 23.5 Å². The minimum atomic E-state index is 0.114. The van der Waals surface area contributed by atoms with Crippen molar-refractivity contribution in [1.82, 2.24) is 4.90 Å². The van der Waals surface area contributed by atoms with Crippen LogP contribution in [-0.4, -0.2) is 47.6 Å². The third-order valence-corrected chi connectivity index (χ3v) is 6.86. The van der Waals surface area contributed by atoms with Crippen molar-refractivity contribution in [3.8, 4) is 0 Å². The van der Waals surface area contributed by atoms with E-state index in [1.54, 1.807) is 0 Å². The highest BCUT2D eigenvalue weighted by atomic mass is 32.2. The smallest absolute Gasteiger partial charge is 0.254 e. The third-order valence-electron chi connectivity index (χ3n) is 3.76. The summed E-state index contributed by atoms with van der Waals surface area (Å²) in [7, 11) is 0. The van der Waals surface area contributed by atoms with Gasteiger partial charge in [-0.25, -0.2) is 0 Å². The van der Waals surface area contributed by atoms with Gasteiger partial charge in [0.15, 0.2) is 0 Å². The zero-order valence-electron chi connectivity index (χ0n) is 12.5. The summed E-state index contributed by atoms with van der Waals surface area (Å²) in [4.78, 5) is 14.5. The predicted octanol–water partition coefficient (Wildman–Crippen LogP) is 3.41. The maximum absolute atomic E-state index is 12.6. The summed E-state index contributed by atoms with van der Waals surface area (Å²) in [6.07, 6.45) is 0.228. The van der Waals surface area contributed by atoms with Gasteiger partial charge in [0.2, 0.25) is 0 Å². The first-order valence-electron chi connectivity index (χ1n) is 7.41. The molecule has 5 heteroatoms. The zero-order valence-corrected chi connectivity index (χ0v) is 14.1. The normalized spacial score (nSPS) is 27.0. The Labute approximate surface area is 134 Å². The maximum atomic E-state index is 12.6. The van der Waals surface area contributed by atoms with Crippen LogP contribution in [0.2, 0.25) is 0 Å². The number of hydrogen-bond acceptors (Lipinski definition) is 4. The van der Waals surface area contributed by atoms with E-state index in [2.05, 4.69) is 12.1 Å². The van der Waals surface area contributed by atoms with Crippen molar-refractivity contribution < 1.29 is 9.53 Å². The molecule has 3 rings (SSSR count). The second kappa shape index (κ2) is 6.63. The van der Waals surface area contributed by atoms with Crippen LogP contribution in [0.15, 0.2) is 24.3 Å². The van der Waals surface area contributed by atoms with Crippen LogP contribution in [0, 0.1) is 0 Å². The standard InChI is InChI=1S/C16H21NO2S2/c1-11-9-17(10-12(2)19-11)15(18)13-3-5-14(6-4-13)16-20-7-8-21-16/h3-6,11-12,16H,7-10H2,1-2H3/t11-,12+. The Hall–Kier alpha value is -0.650. The minimum absolute atomic E-state index is 0.114. The largest absolute Gasteiger partial charge is 0.372 e. The Balaban J connectivity index is 1.69. The molecule has 0 N–H and O–H groups in total. The molecule has 0 aromatic heterocycles. The average molecular weight is 323 g/mol. The molecule has 2 atom stereocenters. The number of amides is 1. The summed E-state index contributed by atoms with van der Waals surface area (Å²) in [6.45, 7) is 5.40. The highest BCUT2D eigenvalue weighted by molar-refractivity contribution is 8.19. The van der Waals surface area contributed by atoms with Gasteiger partial charge < -0.3 is 9.64 Å². The van der Waals surface area contributed by atoms with Crippen molar-refractivity contribution in [2.24, 2.45) is 0 Å². The Morgan fingerprint density at radius 2 is 1.67 bits per heavy atom. The Kier molecular flexibility index (Phi) is 4.82. The van der Waals surface area contributed by atoms with Crippen molar-refractivity contribution in [2.75, 3.05) is 24.6 Å². The van der Waals surface area contributed by atoms with Crippen LogP contribution in [-0.2, 0) is 4.74 Å². The van der Waals surface area contributed by atoms with Crippen LogP contribution in [0.3, 0.4) is 0 Å². The van der Waals surface area contributed by atoms with E-state index in [1.807, 2.05) is 54.4 Å². The first-order chi connectivity index (χ1) is 10.1. The van der Waals surface area contributed by atoms with E-state index in [4.69, 9.17) is 4.74 Å². The fraction of sp³-hybridized carbons (Fsp3) is 0.562. The van der Waals surface area contributed by atoms with E-state index < -0.39 is 0 Å². The number of nitrogens with zero attached hydrogens (tertiary/aromatic N) is 1. The lowest BCUT2D eigenvalue weighted by molar-refractivity contribution is -0.0586. The molecule has 2 heterocycles. The SMILES string of the molecule is C[C@@H]1CN(C(=O)c2ccc(C3SCCS3)cc2)C[C@H](C)O1. The first-order valence-corrected chi connectivity index (χ1v) is 9.51. The number of benzene rings is 1. The van der Waals surface area contributed by atoms with Crippen LogP contribution in [0.25, 0.3) is 0 Å². The Morgan fingerprint density at radius 3 is 2.24 bits per heavy atom. The van der Waals surface area contributed by atoms with Gasteiger partial charge in [0.1, 0.15) is 0 Å². The van der Waals surface area contributed by atoms with Gasteiger partial charge in [-0.3, -0.25) is 4.79 Å². The van der Waals surface area contributed by atoms with Gasteiger partial charge in [-0.1, -0.05) is 12.1 Å². The van der Waals surface area contributed by atoms with Gasteiger partial charge in [0, 0.05) is 30.2 Å². The molecule has 114 valence electrons. The molecule has 3 nitrogen and oxygen atoms in total. The Bertz CT molecular complexity index is 490. The van der Waals surface area contributed by atoms with Crippen molar-refractivity contribution in [1.29, 1.82) is 0 Å². The molecular formula is C16H21NO2S2. The number of hydrogen-bond donors (Lipinski definition) is 0. The molecule has 2 aliphatic heterocycles. The summed E-state index contributed by atoms with van der Waals surface area (Å²) in [5, 5.41) is 0. The second-order valence-electron chi connectivity index (χ2n) is 5.66. The number of thioether (sulfide) groups is 2. The molecule has 0 spiro atoms. The first kappa shape index (κ1) is 15.3. The van der Waals surface area contributed by atoms with E-state index in [0.717, 1.165) is 5.56 Å². The zero-order chi connectivity index (χ0) is 14.8. The van der Waals surface area contributed by atoms with Gasteiger partial charge in [0.25, 0.3) is 5.91 Å². The summed E-state index contributed by atoms with van der Waals surface area (Å²) in [5.74, 6) is 2.56. The molecule has 2 saturated heterocycles. The van der Waals surface area contributed by atoms with E-state index in [9.17, 15) is 4.79 Å². The summed E-state index contributed by atoms with van der Waals surface area (Å²) >= 11 is 3.98. The van der Waals surface area contributed by atoms with Gasteiger partial charge in [-0.2, -0.15) is 0 Å². The molecule has 2 fully saturated rings. The molecule has 0 bridgehead atoms. The average Bonchev–Trinajstić information content (AvgIpc) is 3.00. The number of carbonyl (C=O) groups excluding carboxylic acids is 1. The van der Waals surface area contributed by atoms with Crippen LogP contribution in [0.4, 0.5) is 0 Å². The number of rotatable bonds is 2. The van der Waals surface area contributed by atoms with Crippen LogP contribution >= 0.6 is 23.5 Å². The van der Waals surface area contributed by atoms with Crippen molar-refractivity contribution in [3.63, 3.8) is 0 Å². The summed E-state index contributed by atoms with van der Waals surface area (Å²) < 4.78 is 6.23.